The Morgan fingerprint density at radius 1 is 0.434 bits per heavy atom. The number of nitrogens with one attached hydrogen (secondary N) is 1. The van der Waals surface area contributed by atoms with Crippen molar-refractivity contribution >= 4 is 13.7 Å². The molecule has 0 bridgehead atoms. The Kier molecular flexibility index (Phi) is 61.0. The van der Waals surface area contributed by atoms with Crippen LogP contribution in [0, 0.1) is 0 Å². The number of rotatable bonds is 62. The standard InChI is InChI=1S/C74H131N2O6P/c1-6-8-10-12-14-16-18-20-22-24-26-28-30-32-34-36-37-38-39-40-42-44-46-48-50-52-54-56-58-60-62-64-66-68-74(78)75-72(71-82-83(79,80)81-70-69-76(3,4)5)73(77)67-65-63-61-59-57-55-53-51-49-47-45-43-41-35-33-31-29-27-25-23-21-19-17-15-13-11-9-7-2/h8,10,14,16,20,22,26,28,32,34,37-38,40,42,49,51,57,59,65,67,72-73,77H,6-7,9,11-13,15,17-19,21,23-25,27,29-31,33,35-36,39,41,43-48,50,52-56,58,60-64,66,68-71H2,1-5H3,(H-,75,78,79,80)/b10-8-,16-14-,22-20-,28-26-,34-32-,38-37-,42-40-,51-49+,59-57+,67-65+. The molecule has 8 nitrogen and oxygen atoms in total. The summed E-state index contributed by atoms with van der Waals surface area (Å²) in [6.45, 7) is 4.52. The fourth-order valence-corrected chi connectivity index (χ4v) is 10.3. The molecule has 0 aromatic heterocycles. The number of carbonyl (C=O) groups is 1. The quantitative estimate of drug-likeness (QED) is 0.0272. The zero-order valence-electron chi connectivity index (χ0n) is 54.6. The average Bonchev–Trinajstić information content (AvgIpc) is 3.49. The summed E-state index contributed by atoms with van der Waals surface area (Å²) in [6.07, 6.45) is 94.6. The van der Waals surface area contributed by atoms with Crippen LogP contribution in [-0.2, 0) is 18.4 Å². The number of amides is 1. The molecule has 3 atom stereocenters. The fraction of sp³-hybridized carbons (Fsp3) is 0.716. The third kappa shape index (κ3) is 66.3. The number of hydrogen-bond acceptors (Lipinski definition) is 6. The van der Waals surface area contributed by atoms with Crippen molar-refractivity contribution in [2.24, 2.45) is 0 Å². The van der Waals surface area contributed by atoms with Crippen LogP contribution >= 0.6 is 7.82 Å². The van der Waals surface area contributed by atoms with Crippen LogP contribution in [-0.4, -0.2) is 68.5 Å². The first-order valence-corrected chi connectivity index (χ1v) is 35.9. The number of phosphoric ester groups is 1. The summed E-state index contributed by atoms with van der Waals surface area (Å²) in [5.41, 5.74) is 0. The molecule has 83 heavy (non-hydrogen) atoms. The van der Waals surface area contributed by atoms with Gasteiger partial charge in [-0.15, -0.1) is 0 Å². The number of allylic oxidation sites excluding steroid dienone is 19. The molecule has 0 heterocycles. The number of carbonyl (C=O) groups excluding carboxylic acids is 1. The predicted molar refractivity (Wildman–Crippen MR) is 362 cm³/mol. The van der Waals surface area contributed by atoms with Crippen LogP contribution in [0.15, 0.2) is 122 Å². The molecule has 2 N–H and O–H groups in total. The van der Waals surface area contributed by atoms with Crippen molar-refractivity contribution in [1.82, 2.24) is 5.32 Å². The van der Waals surface area contributed by atoms with Gasteiger partial charge in [-0.2, -0.15) is 0 Å². The van der Waals surface area contributed by atoms with Gasteiger partial charge in [-0.1, -0.05) is 302 Å². The molecular formula is C74H131N2O6P. The van der Waals surface area contributed by atoms with E-state index >= 15 is 0 Å². The zero-order valence-corrected chi connectivity index (χ0v) is 55.5. The number of unbranched alkanes of at least 4 members (excludes halogenated alkanes) is 31. The van der Waals surface area contributed by atoms with Gasteiger partial charge in [0.2, 0.25) is 5.91 Å². The molecule has 1 amide bonds. The maximum Gasteiger partial charge on any atom is 0.268 e. The number of nitrogens with zero attached hydrogens (tertiary/aromatic N) is 1. The van der Waals surface area contributed by atoms with E-state index < -0.39 is 26.6 Å². The van der Waals surface area contributed by atoms with Gasteiger partial charge in [-0.25, -0.2) is 0 Å². The van der Waals surface area contributed by atoms with Crippen LogP contribution in [0.3, 0.4) is 0 Å². The molecule has 0 saturated carbocycles. The first-order valence-electron chi connectivity index (χ1n) is 34.4. The Morgan fingerprint density at radius 3 is 1.12 bits per heavy atom. The molecule has 0 aliphatic carbocycles. The number of phosphoric acid groups is 1. The summed E-state index contributed by atoms with van der Waals surface area (Å²) in [5.74, 6) is -0.217. The Hall–Kier alpha value is -3.10. The van der Waals surface area contributed by atoms with Crippen LogP contribution in [0.4, 0.5) is 0 Å². The van der Waals surface area contributed by atoms with E-state index in [4.69, 9.17) is 9.05 Å². The van der Waals surface area contributed by atoms with E-state index in [1.807, 2.05) is 27.2 Å². The second kappa shape index (κ2) is 63.4. The molecule has 0 rings (SSSR count). The summed E-state index contributed by atoms with van der Waals surface area (Å²) < 4.78 is 23.4. The van der Waals surface area contributed by atoms with Gasteiger partial charge in [-0.05, 0) is 103 Å². The first-order chi connectivity index (χ1) is 40.5. The minimum absolute atomic E-state index is 0.0149. The highest BCUT2D eigenvalue weighted by molar-refractivity contribution is 7.45. The van der Waals surface area contributed by atoms with Gasteiger partial charge in [0.1, 0.15) is 13.2 Å². The van der Waals surface area contributed by atoms with Crippen LogP contribution < -0.4 is 10.2 Å². The summed E-state index contributed by atoms with van der Waals surface area (Å²) in [4.78, 5) is 25.6. The van der Waals surface area contributed by atoms with Crippen molar-refractivity contribution in [2.75, 3.05) is 40.9 Å². The molecule has 9 heteroatoms. The maximum atomic E-state index is 13.0. The minimum atomic E-state index is -4.62. The molecule has 0 radical (unpaired) electrons. The lowest BCUT2D eigenvalue weighted by Gasteiger charge is -2.29. The molecule has 0 saturated heterocycles. The number of hydrogen-bond donors (Lipinski definition) is 2. The largest absolute Gasteiger partial charge is 0.756 e. The lowest BCUT2D eigenvalue weighted by Crippen LogP contribution is -2.45. The zero-order chi connectivity index (χ0) is 60.5. The summed E-state index contributed by atoms with van der Waals surface area (Å²) in [5, 5.41) is 13.9. The third-order valence-electron chi connectivity index (χ3n) is 14.9. The smallest absolute Gasteiger partial charge is 0.268 e. The van der Waals surface area contributed by atoms with E-state index in [1.54, 1.807) is 6.08 Å². The first kappa shape index (κ1) is 79.9. The molecule has 3 unspecified atom stereocenters. The Balaban J connectivity index is 4.19. The minimum Gasteiger partial charge on any atom is -0.756 e. The molecule has 0 aromatic rings. The number of quaternary nitrogens is 1. The SMILES string of the molecule is CC/C=C\C/C=C\C/C=C\C/C=C\C/C=C\C/C=C\C/C=C\CCCCCCCCCCCCCC(=O)NC(COP(=O)([O-])OCC[N+](C)(C)C)C(O)/C=C/CC/C=C/CC/C=C/CCCCCCCCCCCCCCCCCCCC. The van der Waals surface area contributed by atoms with Gasteiger partial charge in [0, 0.05) is 6.42 Å². The van der Waals surface area contributed by atoms with E-state index in [0.717, 1.165) is 96.3 Å². The molecule has 0 aromatic carbocycles. The highest BCUT2D eigenvalue weighted by Gasteiger charge is 2.23. The molecule has 0 aliphatic heterocycles. The van der Waals surface area contributed by atoms with Crippen LogP contribution in [0.1, 0.15) is 290 Å². The van der Waals surface area contributed by atoms with Crippen LogP contribution in [0.5, 0.6) is 0 Å². The van der Waals surface area contributed by atoms with Crippen molar-refractivity contribution in [1.29, 1.82) is 0 Å². The predicted octanol–water partition coefficient (Wildman–Crippen LogP) is 21.4. The van der Waals surface area contributed by atoms with Gasteiger partial charge in [0.05, 0.1) is 39.9 Å². The topological polar surface area (TPSA) is 108 Å². The molecule has 478 valence electrons. The molecule has 0 aliphatic rings. The number of aliphatic hydroxyl groups excluding tert-OH is 1. The van der Waals surface area contributed by atoms with Crippen molar-refractivity contribution in [3.8, 4) is 0 Å². The van der Waals surface area contributed by atoms with Gasteiger partial charge in [0.25, 0.3) is 7.82 Å². The van der Waals surface area contributed by atoms with E-state index in [1.165, 1.54) is 173 Å². The molecule has 0 fully saturated rings. The normalized spacial score (nSPS) is 14.4. The van der Waals surface area contributed by atoms with Gasteiger partial charge >= 0.3 is 0 Å². The molecule has 0 spiro atoms. The lowest BCUT2D eigenvalue weighted by molar-refractivity contribution is -0.870. The van der Waals surface area contributed by atoms with Crippen molar-refractivity contribution in [3.63, 3.8) is 0 Å². The van der Waals surface area contributed by atoms with Gasteiger partial charge < -0.3 is 28.8 Å². The number of likely N-dealkylation sites (N-methyl/N-ethyl adjacent to an activating group) is 1. The van der Waals surface area contributed by atoms with Crippen LogP contribution in [0.2, 0.25) is 0 Å². The fourth-order valence-electron chi connectivity index (χ4n) is 9.58. The second-order valence-electron chi connectivity index (χ2n) is 24.1. The van der Waals surface area contributed by atoms with E-state index in [-0.39, 0.29) is 12.5 Å². The van der Waals surface area contributed by atoms with Gasteiger partial charge in [-0.3, -0.25) is 9.36 Å². The summed E-state index contributed by atoms with van der Waals surface area (Å²) >= 11 is 0. The van der Waals surface area contributed by atoms with Crippen molar-refractivity contribution < 1.29 is 32.9 Å². The van der Waals surface area contributed by atoms with Gasteiger partial charge in [0.15, 0.2) is 0 Å². The summed E-state index contributed by atoms with van der Waals surface area (Å²) in [6, 6.07) is -0.922. The van der Waals surface area contributed by atoms with E-state index in [0.29, 0.717) is 17.4 Å². The monoisotopic (exact) mass is 1170 g/mol. The summed E-state index contributed by atoms with van der Waals surface area (Å²) in [7, 11) is 1.22. The highest BCUT2D eigenvalue weighted by atomic mass is 31.2. The van der Waals surface area contributed by atoms with E-state index in [2.05, 4.69) is 129 Å². The average molecular weight is 1180 g/mol. The Bertz CT molecular complexity index is 1770. The maximum absolute atomic E-state index is 13.0. The second-order valence-corrected chi connectivity index (χ2v) is 25.5. The Morgan fingerprint density at radius 2 is 0.747 bits per heavy atom. The molecular weight excluding hydrogens is 1040 g/mol. The van der Waals surface area contributed by atoms with E-state index in [9.17, 15) is 19.4 Å². The Labute approximate surface area is 514 Å². The highest BCUT2D eigenvalue weighted by Crippen LogP contribution is 2.38. The van der Waals surface area contributed by atoms with Crippen LogP contribution in [0.25, 0.3) is 0 Å². The van der Waals surface area contributed by atoms with Crippen molar-refractivity contribution in [2.45, 2.75) is 302 Å². The van der Waals surface area contributed by atoms with Crippen molar-refractivity contribution in [3.05, 3.63) is 122 Å². The number of aliphatic hydroxyl groups is 1. The third-order valence-corrected chi connectivity index (χ3v) is 15.8. The lowest BCUT2D eigenvalue weighted by atomic mass is 10.0.